The van der Waals surface area contributed by atoms with E-state index in [0.29, 0.717) is 19.4 Å². The average molecular weight is 405 g/mol. The van der Waals surface area contributed by atoms with E-state index in [1.807, 2.05) is 0 Å². The lowest BCUT2D eigenvalue weighted by molar-refractivity contribution is -0.200. The van der Waals surface area contributed by atoms with Gasteiger partial charge in [0.15, 0.2) is 12.1 Å². The number of aryl methyl sites for hydroxylation is 1. The lowest BCUT2D eigenvalue weighted by Gasteiger charge is -2.30. The van der Waals surface area contributed by atoms with Crippen LogP contribution in [0, 0.1) is 12.3 Å². The average Bonchev–Trinajstić information content (AvgIpc) is 2.98. The first-order valence-corrected chi connectivity index (χ1v) is 11.1. The van der Waals surface area contributed by atoms with Gasteiger partial charge in [0.1, 0.15) is 0 Å². The van der Waals surface area contributed by atoms with Crippen molar-refractivity contribution in [3.8, 4) is 0 Å². The predicted octanol–water partition coefficient (Wildman–Crippen LogP) is 4.48. The van der Waals surface area contributed by atoms with E-state index < -0.39 is 0 Å². The Morgan fingerprint density at radius 1 is 1.24 bits per heavy atom. The van der Waals surface area contributed by atoms with Crippen molar-refractivity contribution < 1.29 is 19.2 Å². The molecule has 1 saturated heterocycles. The number of rotatable bonds is 9. The van der Waals surface area contributed by atoms with Crippen molar-refractivity contribution in [3.05, 3.63) is 23.0 Å². The molecule has 29 heavy (non-hydrogen) atoms. The van der Waals surface area contributed by atoms with Gasteiger partial charge in [0.2, 0.25) is 5.91 Å². The molecule has 0 spiro atoms. The molecule has 0 bridgehead atoms. The second kappa shape index (κ2) is 9.90. The van der Waals surface area contributed by atoms with E-state index in [9.17, 15) is 9.59 Å². The van der Waals surface area contributed by atoms with Gasteiger partial charge in [-0.15, -0.1) is 0 Å². The number of ketones is 1. The maximum absolute atomic E-state index is 12.4. The normalized spacial score (nSPS) is 21.1. The fraction of sp³-hybridized carbons (Fsp3) is 0.739. The van der Waals surface area contributed by atoms with E-state index in [1.54, 1.807) is 0 Å². The number of carbonyl (C=O) groups is 2. The zero-order chi connectivity index (χ0) is 20.9. The molecule has 162 valence electrons. The third-order valence-electron chi connectivity index (χ3n) is 5.98. The van der Waals surface area contributed by atoms with E-state index in [0.717, 1.165) is 63.5 Å². The monoisotopic (exact) mass is 404 g/mol. The van der Waals surface area contributed by atoms with Gasteiger partial charge < -0.3 is 9.30 Å². The first kappa shape index (κ1) is 22.0. The number of nitrogens with one attached hydrogen (secondary N) is 1. The summed E-state index contributed by atoms with van der Waals surface area (Å²) in [5.41, 5.74) is 5.89. The van der Waals surface area contributed by atoms with Crippen LogP contribution in [0.25, 0.3) is 0 Å². The number of fused-ring (bicyclic) bond motifs is 1. The van der Waals surface area contributed by atoms with Gasteiger partial charge in [-0.05, 0) is 50.5 Å². The molecule has 3 rings (SSSR count). The molecule has 6 nitrogen and oxygen atoms in total. The van der Waals surface area contributed by atoms with Crippen LogP contribution in [-0.2, 0) is 27.3 Å². The zero-order valence-electron chi connectivity index (χ0n) is 18.2. The quantitative estimate of drug-likeness (QED) is 0.487. The molecule has 1 atom stereocenters. The van der Waals surface area contributed by atoms with Crippen LogP contribution in [0.2, 0.25) is 0 Å². The molecule has 1 unspecified atom stereocenters. The lowest BCUT2D eigenvalue weighted by Crippen LogP contribution is -2.32. The van der Waals surface area contributed by atoms with Gasteiger partial charge >= 0.3 is 0 Å². The summed E-state index contributed by atoms with van der Waals surface area (Å²) >= 11 is 0. The molecule has 1 aliphatic carbocycles. The van der Waals surface area contributed by atoms with E-state index in [4.69, 9.17) is 9.57 Å². The van der Waals surface area contributed by atoms with Crippen molar-refractivity contribution in [1.29, 1.82) is 0 Å². The van der Waals surface area contributed by atoms with Crippen LogP contribution < -0.4 is 5.48 Å². The Morgan fingerprint density at radius 3 is 2.79 bits per heavy atom. The molecule has 6 heteroatoms. The Balaban J connectivity index is 1.34. The van der Waals surface area contributed by atoms with E-state index in [2.05, 4.69) is 36.9 Å². The van der Waals surface area contributed by atoms with Crippen LogP contribution in [0.15, 0.2) is 6.07 Å². The van der Waals surface area contributed by atoms with Crippen LogP contribution >= 0.6 is 0 Å². The molecule has 0 aromatic carbocycles. The van der Waals surface area contributed by atoms with Crippen molar-refractivity contribution in [2.45, 2.75) is 97.8 Å². The zero-order valence-corrected chi connectivity index (χ0v) is 18.2. The van der Waals surface area contributed by atoms with Gasteiger partial charge in [-0.2, -0.15) is 0 Å². The van der Waals surface area contributed by atoms with Crippen molar-refractivity contribution in [2.75, 3.05) is 6.61 Å². The summed E-state index contributed by atoms with van der Waals surface area (Å²) in [7, 11) is 0. The Labute approximate surface area is 174 Å². The molecule has 1 fully saturated rings. The highest BCUT2D eigenvalue weighted by Gasteiger charge is 2.33. The minimum Gasteiger partial charge on any atom is -0.350 e. The van der Waals surface area contributed by atoms with Crippen molar-refractivity contribution in [3.63, 3.8) is 0 Å². The molecule has 1 aromatic rings. The summed E-state index contributed by atoms with van der Waals surface area (Å²) in [5, 5.41) is 0. The topological polar surface area (TPSA) is 69.6 Å². The fourth-order valence-corrected chi connectivity index (χ4v) is 4.41. The Hall–Kier alpha value is -1.66. The summed E-state index contributed by atoms with van der Waals surface area (Å²) < 4.78 is 7.76. The van der Waals surface area contributed by atoms with Gasteiger partial charge in [0, 0.05) is 49.4 Å². The number of nitrogens with zero attached hydrogens (tertiary/aromatic N) is 1. The van der Waals surface area contributed by atoms with E-state index >= 15 is 0 Å². The van der Waals surface area contributed by atoms with Crippen LogP contribution in [-0.4, -0.2) is 29.2 Å². The summed E-state index contributed by atoms with van der Waals surface area (Å²) in [6.07, 6.45) is 8.78. The highest BCUT2D eigenvalue weighted by Crippen LogP contribution is 2.36. The number of hydroxylamine groups is 1. The Bertz CT molecular complexity index is 717. The predicted molar refractivity (Wildman–Crippen MR) is 112 cm³/mol. The smallest absolute Gasteiger partial charge is 0.243 e. The Morgan fingerprint density at radius 2 is 2.03 bits per heavy atom. The van der Waals surface area contributed by atoms with Gasteiger partial charge in [0.05, 0.1) is 0 Å². The summed E-state index contributed by atoms with van der Waals surface area (Å²) in [5.74, 6) is 0.209. The first-order valence-electron chi connectivity index (χ1n) is 11.1. The highest BCUT2D eigenvalue weighted by atomic mass is 16.8. The lowest BCUT2D eigenvalue weighted by atomic mass is 9.76. The van der Waals surface area contributed by atoms with Crippen LogP contribution in [0.3, 0.4) is 0 Å². The molecule has 1 amide bonds. The largest absolute Gasteiger partial charge is 0.350 e. The standard InChI is InChI=1S/C23H36N2O4/c1-17-14-18-19(15-23(2,3)16-20(18)26)25(17)12-8-5-4-6-10-21(27)24-29-22-11-7-9-13-28-22/h14,22H,4-13,15-16H2,1-3H3,(H,24,27). The molecule has 1 aromatic heterocycles. The number of hydrogen-bond acceptors (Lipinski definition) is 4. The molecule has 0 saturated carbocycles. The third kappa shape index (κ3) is 6.16. The maximum atomic E-state index is 12.4. The number of amides is 1. The van der Waals surface area contributed by atoms with Crippen LogP contribution in [0.4, 0.5) is 0 Å². The van der Waals surface area contributed by atoms with Gasteiger partial charge in [-0.25, -0.2) is 10.3 Å². The molecule has 2 aliphatic rings. The molecular formula is C23H36N2O4. The summed E-state index contributed by atoms with van der Waals surface area (Å²) in [4.78, 5) is 29.6. The van der Waals surface area contributed by atoms with Crippen molar-refractivity contribution >= 4 is 11.7 Å². The summed E-state index contributed by atoms with van der Waals surface area (Å²) in [6, 6.07) is 2.06. The fourth-order valence-electron chi connectivity index (χ4n) is 4.41. The van der Waals surface area contributed by atoms with Crippen molar-refractivity contribution in [2.24, 2.45) is 5.41 Å². The third-order valence-corrected chi connectivity index (χ3v) is 5.98. The molecule has 1 N–H and O–H groups in total. The van der Waals surface area contributed by atoms with Crippen LogP contribution in [0.1, 0.15) is 93.4 Å². The molecule has 1 aliphatic heterocycles. The number of unbranched alkanes of at least 4 members (excludes halogenated alkanes) is 3. The van der Waals surface area contributed by atoms with Crippen LogP contribution in [0.5, 0.6) is 0 Å². The van der Waals surface area contributed by atoms with Gasteiger partial charge in [0.25, 0.3) is 0 Å². The number of aromatic nitrogens is 1. The second-order valence-corrected chi connectivity index (χ2v) is 9.34. The van der Waals surface area contributed by atoms with Gasteiger partial charge in [-0.1, -0.05) is 26.7 Å². The van der Waals surface area contributed by atoms with Crippen molar-refractivity contribution in [1.82, 2.24) is 10.0 Å². The minimum absolute atomic E-state index is 0.0464. The number of Topliss-reactive ketones (excluding diaryl/α,β-unsaturated/α-hetero) is 1. The SMILES string of the molecule is Cc1cc2c(n1CCCCCCC(=O)NOC1CCCCO1)CC(C)(C)CC2=O. The molecular weight excluding hydrogens is 368 g/mol. The highest BCUT2D eigenvalue weighted by molar-refractivity contribution is 5.99. The first-order chi connectivity index (χ1) is 13.9. The Kier molecular flexibility index (Phi) is 7.52. The van der Waals surface area contributed by atoms with E-state index in [-0.39, 0.29) is 23.4 Å². The van der Waals surface area contributed by atoms with Gasteiger partial charge in [-0.3, -0.25) is 9.59 Å². The molecule has 2 heterocycles. The summed E-state index contributed by atoms with van der Waals surface area (Å²) in [6.45, 7) is 8.10. The minimum atomic E-state index is -0.291. The number of carbonyl (C=O) groups excluding carboxylic acids is 2. The molecule has 0 radical (unpaired) electrons. The number of ether oxygens (including phenoxy) is 1. The second-order valence-electron chi connectivity index (χ2n) is 9.34. The maximum Gasteiger partial charge on any atom is 0.243 e. The number of hydrogen-bond donors (Lipinski definition) is 1. The van der Waals surface area contributed by atoms with E-state index in [1.165, 1.54) is 11.4 Å².